The van der Waals surface area contributed by atoms with E-state index in [1.54, 1.807) is 6.20 Å². The number of fused-ring (bicyclic) bond motifs is 7. The van der Waals surface area contributed by atoms with Crippen molar-refractivity contribution >= 4 is 17.3 Å². The van der Waals surface area contributed by atoms with E-state index in [2.05, 4.69) is 33.4 Å². The number of nitrogens with one attached hydrogen (secondary N) is 1. The lowest BCUT2D eigenvalue weighted by molar-refractivity contribution is 0.148. The molecule has 1 fully saturated rings. The van der Waals surface area contributed by atoms with Crippen LogP contribution >= 0.6 is 0 Å². The Balaban J connectivity index is 1.48. The van der Waals surface area contributed by atoms with Gasteiger partial charge >= 0.3 is 0 Å². The summed E-state index contributed by atoms with van der Waals surface area (Å²) in [6, 6.07) is 16.3. The van der Waals surface area contributed by atoms with Gasteiger partial charge in [0.05, 0.1) is 18.9 Å². The zero-order valence-electron chi connectivity index (χ0n) is 18.2. The van der Waals surface area contributed by atoms with E-state index < -0.39 is 0 Å². The molecule has 2 aliphatic rings. The molecule has 3 heterocycles. The molecule has 1 aromatic heterocycles. The fraction of sp³-hybridized carbons (Fsp3) is 0.308. The molecular weight excluding hydrogens is 400 g/mol. The second-order valence-corrected chi connectivity index (χ2v) is 8.11. The van der Waals surface area contributed by atoms with E-state index in [0.29, 0.717) is 25.8 Å². The third-order valence-electron chi connectivity index (χ3n) is 5.80. The topological polar surface area (TPSA) is 59.5 Å². The maximum atomic E-state index is 5.99. The SMILES string of the molecule is C1=C\COc2cccc(c2)-c2ccnc(n2)Nc2ccc(N3CCCCC3)c(c2)COC/1. The Kier molecular flexibility index (Phi) is 6.30. The predicted octanol–water partition coefficient (Wildman–Crippen LogP) is 5.34. The number of hydrogen-bond acceptors (Lipinski definition) is 6. The van der Waals surface area contributed by atoms with E-state index in [9.17, 15) is 0 Å². The Morgan fingerprint density at radius 2 is 1.81 bits per heavy atom. The Morgan fingerprint density at radius 1 is 0.906 bits per heavy atom. The minimum absolute atomic E-state index is 0.498. The second-order valence-electron chi connectivity index (χ2n) is 8.11. The van der Waals surface area contributed by atoms with Crippen LogP contribution in [0, 0.1) is 0 Å². The highest BCUT2D eigenvalue weighted by atomic mass is 16.5. The summed E-state index contributed by atoms with van der Waals surface area (Å²) in [5, 5.41) is 3.37. The van der Waals surface area contributed by atoms with Gasteiger partial charge in [0.2, 0.25) is 5.95 Å². The molecule has 1 N–H and O–H groups in total. The van der Waals surface area contributed by atoms with Gasteiger partial charge in [0.15, 0.2) is 0 Å². The van der Waals surface area contributed by atoms with Crippen molar-refractivity contribution in [3.8, 4) is 17.0 Å². The third kappa shape index (κ3) is 4.92. The molecule has 32 heavy (non-hydrogen) atoms. The third-order valence-corrected chi connectivity index (χ3v) is 5.80. The summed E-state index contributed by atoms with van der Waals surface area (Å²) >= 11 is 0. The number of rotatable bonds is 1. The van der Waals surface area contributed by atoms with Gasteiger partial charge < -0.3 is 19.7 Å². The lowest BCUT2D eigenvalue weighted by Gasteiger charge is -2.31. The first-order chi connectivity index (χ1) is 15.8. The van der Waals surface area contributed by atoms with Gasteiger partial charge in [-0.2, -0.15) is 0 Å². The van der Waals surface area contributed by atoms with Crippen LogP contribution in [0.25, 0.3) is 11.3 Å². The molecule has 0 aliphatic carbocycles. The summed E-state index contributed by atoms with van der Waals surface area (Å²) < 4.78 is 11.9. The summed E-state index contributed by atoms with van der Waals surface area (Å²) in [6.07, 6.45) is 9.58. The minimum atomic E-state index is 0.498. The quantitative estimate of drug-likeness (QED) is 0.528. The van der Waals surface area contributed by atoms with Gasteiger partial charge in [-0.3, -0.25) is 0 Å². The van der Waals surface area contributed by atoms with Gasteiger partial charge in [0.1, 0.15) is 12.4 Å². The van der Waals surface area contributed by atoms with Crippen molar-refractivity contribution in [2.24, 2.45) is 0 Å². The molecule has 6 bridgehead atoms. The van der Waals surface area contributed by atoms with Crippen molar-refractivity contribution in [3.63, 3.8) is 0 Å². The number of aromatic nitrogens is 2. The molecule has 0 unspecified atom stereocenters. The van der Waals surface area contributed by atoms with Crippen molar-refractivity contribution in [3.05, 3.63) is 72.4 Å². The summed E-state index contributed by atoms with van der Waals surface area (Å²) in [5.41, 5.74) is 5.23. The fourth-order valence-electron chi connectivity index (χ4n) is 4.19. The summed E-state index contributed by atoms with van der Waals surface area (Å²) in [6.45, 7) is 3.79. The molecule has 1 saturated heterocycles. The van der Waals surface area contributed by atoms with Crippen molar-refractivity contribution in [1.82, 2.24) is 9.97 Å². The smallest absolute Gasteiger partial charge is 0.227 e. The average Bonchev–Trinajstić information content (AvgIpc) is 2.84. The van der Waals surface area contributed by atoms with Crippen molar-refractivity contribution < 1.29 is 9.47 Å². The van der Waals surface area contributed by atoms with Crippen LogP contribution in [0.15, 0.2) is 66.9 Å². The van der Waals surface area contributed by atoms with E-state index in [-0.39, 0.29) is 0 Å². The van der Waals surface area contributed by atoms with Crippen LogP contribution in [0.4, 0.5) is 17.3 Å². The van der Waals surface area contributed by atoms with E-state index >= 15 is 0 Å². The van der Waals surface area contributed by atoms with Gasteiger partial charge in [-0.15, -0.1) is 0 Å². The summed E-state index contributed by atoms with van der Waals surface area (Å²) in [7, 11) is 0. The normalized spacial score (nSPS) is 17.6. The molecule has 3 aromatic rings. The van der Waals surface area contributed by atoms with Crippen LogP contribution in [0.5, 0.6) is 5.75 Å². The Bertz CT molecular complexity index is 1090. The molecular formula is C26H28N4O2. The number of anilines is 3. The van der Waals surface area contributed by atoms with Crippen molar-refractivity contribution in [2.75, 3.05) is 36.5 Å². The first kappa shape index (κ1) is 20.5. The fourth-order valence-corrected chi connectivity index (χ4v) is 4.19. The largest absolute Gasteiger partial charge is 0.490 e. The van der Waals surface area contributed by atoms with Crippen molar-refractivity contribution in [2.45, 2.75) is 25.9 Å². The lowest BCUT2D eigenvalue weighted by atomic mass is 10.1. The van der Waals surface area contributed by atoms with E-state index in [1.807, 2.05) is 42.5 Å². The van der Waals surface area contributed by atoms with Crippen LogP contribution in [0.1, 0.15) is 24.8 Å². The van der Waals surface area contributed by atoms with Gasteiger partial charge in [-0.1, -0.05) is 18.2 Å². The van der Waals surface area contributed by atoms with E-state index in [1.165, 1.54) is 30.5 Å². The number of nitrogens with zero attached hydrogens (tertiary/aromatic N) is 3. The van der Waals surface area contributed by atoms with Crippen LogP contribution < -0.4 is 15.0 Å². The molecule has 0 amide bonds. The number of piperidine rings is 1. The van der Waals surface area contributed by atoms with E-state index in [0.717, 1.165) is 35.8 Å². The van der Waals surface area contributed by atoms with Gasteiger partial charge in [-0.05, 0) is 61.7 Å². The molecule has 2 aliphatic heterocycles. The Hall–Kier alpha value is -3.38. The number of benzene rings is 2. The highest BCUT2D eigenvalue weighted by molar-refractivity contribution is 5.66. The number of hydrogen-bond donors (Lipinski definition) is 1. The maximum Gasteiger partial charge on any atom is 0.227 e. The Morgan fingerprint density at radius 3 is 2.75 bits per heavy atom. The molecule has 0 radical (unpaired) electrons. The highest BCUT2D eigenvalue weighted by Gasteiger charge is 2.15. The van der Waals surface area contributed by atoms with Gasteiger partial charge in [-0.25, -0.2) is 9.97 Å². The molecule has 0 atom stereocenters. The first-order valence-corrected chi connectivity index (χ1v) is 11.3. The predicted molar refractivity (Wildman–Crippen MR) is 128 cm³/mol. The standard InChI is InChI=1S/C26H28N4O2/c1-2-13-30(14-3-1)25-10-9-22-17-21(25)19-31-15-4-5-16-32-23-8-6-7-20(18-23)24-11-12-27-26(28-22)29-24/h4-12,17-18H,1-3,13-16,19H2,(H,27,28,29)/b5-4-. The average molecular weight is 429 g/mol. The molecule has 0 saturated carbocycles. The van der Waals surface area contributed by atoms with Gasteiger partial charge in [0.25, 0.3) is 0 Å². The van der Waals surface area contributed by atoms with Crippen LogP contribution in [-0.2, 0) is 11.3 Å². The zero-order valence-corrected chi connectivity index (χ0v) is 18.2. The van der Waals surface area contributed by atoms with E-state index in [4.69, 9.17) is 14.5 Å². The van der Waals surface area contributed by atoms with Crippen LogP contribution in [0.2, 0.25) is 0 Å². The minimum Gasteiger partial charge on any atom is -0.490 e. The molecule has 6 nitrogen and oxygen atoms in total. The second kappa shape index (κ2) is 9.83. The van der Waals surface area contributed by atoms with Gasteiger partial charge in [0, 0.05) is 41.8 Å². The maximum absolute atomic E-state index is 5.99. The zero-order chi connectivity index (χ0) is 21.6. The summed E-state index contributed by atoms with van der Waals surface area (Å²) in [4.78, 5) is 11.6. The molecule has 2 aromatic carbocycles. The number of ether oxygens (including phenoxy) is 2. The molecule has 0 spiro atoms. The highest BCUT2D eigenvalue weighted by Crippen LogP contribution is 2.29. The van der Waals surface area contributed by atoms with Crippen LogP contribution in [-0.4, -0.2) is 36.3 Å². The van der Waals surface area contributed by atoms with Crippen molar-refractivity contribution in [1.29, 1.82) is 0 Å². The molecule has 164 valence electrons. The molecule has 5 rings (SSSR count). The molecule has 6 heteroatoms. The van der Waals surface area contributed by atoms with Crippen LogP contribution in [0.3, 0.4) is 0 Å². The Labute approximate surface area is 188 Å². The lowest BCUT2D eigenvalue weighted by Crippen LogP contribution is -2.30. The first-order valence-electron chi connectivity index (χ1n) is 11.3. The monoisotopic (exact) mass is 428 g/mol. The summed E-state index contributed by atoms with van der Waals surface area (Å²) in [5.74, 6) is 1.38.